The van der Waals surface area contributed by atoms with Crippen LogP contribution in [-0.2, 0) is 14.4 Å². The molecule has 0 radical (unpaired) electrons. The fraction of sp³-hybridized carbons (Fsp3) is 0.471. The van der Waals surface area contributed by atoms with Gasteiger partial charge in [0.25, 0.3) is 0 Å². The van der Waals surface area contributed by atoms with Gasteiger partial charge in [0.2, 0.25) is 17.7 Å². The van der Waals surface area contributed by atoms with Gasteiger partial charge in [-0.2, -0.15) is 0 Å². The van der Waals surface area contributed by atoms with Gasteiger partial charge in [-0.1, -0.05) is 37.6 Å². The van der Waals surface area contributed by atoms with E-state index in [0.29, 0.717) is 18.1 Å². The molecule has 0 spiro atoms. The average molecular weight is 354 g/mol. The molecule has 24 heavy (non-hydrogen) atoms. The number of rotatable bonds is 8. The van der Waals surface area contributed by atoms with Gasteiger partial charge in [-0.05, 0) is 17.7 Å². The Bertz CT molecular complexity index is 573. The van der Waals surface area contributed by atoms with Gasteiger partial charge in [-0.3, -0.25) is 14.4 Å². The van der Waals surface area contributed by atoms with Gasteiger partial charge in [0.05, 0.1) is 12.5 Å². The first-order valence-electron chi connectivity index (χ1n) is 7.86. The molecule has 3 amide bonds. The molecule has 0 fully saturated rings. The second-order valence-electron chi connectivity index (χ2n) is 5.80. The van der Waals surface area contributed by atoms with E-state index < -0.39 is 6.04 Å². The van der Waals surface area contributed by atoms with E-state index in [9.17, 15) is 14.4 Å². The van der Waals surface area contributed by atoms with Crippen molar-refractivity contribution in [2.24, 2.45) is 5.92 Å². The highest BCUT2D eigenvalue weighted by atomic mass is 35.5. The molecule has 132 valence electrons. The number of amides is 3. The van der Waals surface area contributed by atoms with Crippen molar-refractivity contribution in [2.75, 3.05) is 13.1 Å². The summed E-state index contributed by atoms with van der Waals surface area (Å²) < 4.78 is 0. The summed E-state index contributed by atoms with van der Waals surface area (Å²) >= 11 is 5.86. The average Bonchev–Trinajstić information content (AvgIpc) is 2.50. The zero-order valence-electron chi connectivity index (χ0n) is 14.2. The number of halogens is 1. The van der Waals surface area contributed by atoms with Crippen molar-refractivity contribution in [1.82, 2.24) is 16.0 Å². The van der Waals surface area contributed by atoms with Crippen LogP contribution in [0.3, 0.4) is 0 Å². The molecular formula is C17H24ClN3O3. The van der Waals surface area contributed by atoms with Crippen LogP contribution in [0.25, 0.3) is 0 Å². The maximum Gasteiger partial charge on any atom is 0.222 e. The van der Waals surface area contributed by atoms with Gasteiger partial charge < -0.3 is 16.0 Å². The first-order chi connectivity index (χ1) is 11.3. The third-order valence-electron chi connectivity index (χ3n) is 3.31. The van der Waals surface area contributed by atoms with E-state index in [1.165, 1.54) is 6.92 Å². The Morgan fingerprint density at radius 1 is 1.04 bits per heavy atom. The van der Waals surface area contributed by atoms with Gasteiger partial charge in [-0.15, -0.1) is 0 Å². The van der Waals surface area contributed by atoms with Crippen LogP contribution in [0.4, 0.5) is 0 Å². The van der Waals surface area contributed by atoms with Crippen molar-refractivity contribution in [2.45, 2.75) is 33.2 Å². The summed E-state index contributed by atoms with van der Waals surface area (Å²) in [7, 11) is 0. The Morgan fingerprint density at radius 3 is 2.17 bits per heavy atom. The third kappa shape index (κ3) is 7.46. The molecule has 0 aliphatic heterocycles. The predicted molar refractivity (Wildman–Crippen MR) is 93.5 cm³/mol. The summed E-state index contributed by atoms with van der Waals surface area (Å²) in [4.78, 5) is 34.8. The second-order valence-corrected chi connectivity index (χ2v) is 6.24. The number of hydrogen-bond acceptors (Lipinski definition) is 3. The van der Waals surface area contributed by atoms with Crippen molar-refractivity contribution in [3.05, 3.63) is 34.9 Å². The zero-order valence-corrected chi connectivity index (χ0v) is 14.9. The standard InChI is InChI=1S/C17H24ClN3O3/c1-11(2)17(24)20-9-8-19-16(23)10-15(21-12(3)22)13-4-6-14(18)7-5-13/h4-7,11,15H,8-10H2,1-3H3,(H,19,23)(H,20,24)(H,21,22). The van der Waals surface area contributed by atoms with Crippen molar-refractivity contribution in [1.29, 1.82) is 0 Å². The maximum atomic E-state index is 12.1. The molecule has 0 saturated heterocycles. The third-order valence-corrected chi connectivity index (χ3v) is 3.56. The Hall–Kier alpha value is -2.08. The van der Waals surface area contributed by atoms with E-state index in [0.717, 1.165) is 5.56 Å². The van der Waals surface area contributed by atoms with E-state index in [1.807, 2.05) is 0 Å². The van der Waals surface area contributed by atoms with Gasteiger partial charge in [0.1, 0.15) is 0 Å². The molecule has 0 aliphatic carbocycles. The molecule has 1 rings (SSSR count). The SMILES string of the molecule is CC(=O)NC(CC(=O)NCCNC(=O)C(C)C)c1ccc(Cl)cc1. The van der Waals surface area contributed by atoms with Crippen LogP contribution < -0.4 is 16.0 Å². The van der Waals surface area contributed by atoms with E-state index in [-0.39, 0.29) is 30.1 Å². The molecule has 0 saturated carbocycles. The lowest BCUT2D eigenvalue weighted by Gasteiger charge is -2.18. The highest BCUT2D eigenvalue weighted by molar-refractivity contribution is 6.30. The van der Waals surface area contributed by atoms with E-state index in [4.69, 9.17) is 11.6 Å². The number of benzene rings is 1. The molecule has 0 heterocycles. The summed E-state index contributed by atoms with van der Waals surface area (Å²) in [5.74, 6) is -0.564. The molecule has 0 aliphatic rings. The number of hydrogen-bond donors (Lipinski definition) is 3. The summed E-state index contributed by atoms with van der Waals surface area (Å²) in [5.41, 5.74) is 0.804. The first kappa shape index (κ1) is 20.0. The van der Waals surface area contributed by atoms with Crippen molar-refractivity contribution >= 4 is 29.3 Å². The van der Waals surface area contributed by atoms with Crippen LogP contribution in [0.2, 0.25) is 5.02 Å². The lowest BCUT2D eigenvalue weighted by atomic mass is 10.0. The van der Waals surface area contributed by atoms with Crippen LogP contribution in [0.15, 0.2) is 24.3 Å². The minimum Gasteiger partial charge on any atom is -0.354 e. The van der Waals surface area contributed by atoms with Crippen LogP contribution in [0.5, 0.6) is 0 Å². The quantitative estimate of drug-likeness (QED) is 0.623. The number of carbonyl (C=O) groups is 3. The molecule has 1 aromatic carbocycles. The minimum atomic E-state index is -0.426. The Morgan fingerprint density at radius 2 is 1.62 bits per heavy atom. The number of carbonyl (C=O) groups excluding carboxylic acids is 3. The fourth-order valence-electron chi connectivity index (χ4n) is 2.04. The summed E-state index contributed by atoms with van der Waals surface area (Å²) in [6, 6.07) is 6.55. The molecule has 1 unspecified atom stereocenters. The molecule has 0 aromatic heterocycles. The molecule has 0 bridgehead atoms. The Labute approximate surface area is 147 Å². The van der Waals surface area contributed by atoms with Crippen LogP contribution in [0, 0.1) is 5.92 Å². The van der Waals surface area contributed by atoms with E-state index >= 15 is 0 Å². The minimum absolute atomic E-state index is 0.0541. The van der Waals surface area contributed by atoms with Gasteiger partial charge >= 0.3 is 0 Å². The van der Waals surface area contributed by atoms with Crippen LogP contribution in [-0.4, -0.2) is 30.8 Å². The van der Waals surface area contributed by atoms with Gasteiger partial charge in [0.15, 0.2) is 0 Å². The van der Waals surface area contributed by atoms with Gasteiger partial charge in [-0.25, -0.2) is 0 Å². The molecule has 7 heteroatoms. The van der Waals surface area contributed by atoms with Crippen molar-refractivity contribution in [3.8, 4) is 0 Å². The monoisotopic (exact) mass is 353 g/mol. The fourth-order valence-corrected chi connectivity index (χ4v) is 2.17. The summed E-state index contributed by atoms with van der Waals surface area (Å²) in [6.45, 7) is 5.72. The topological polar surface area (TPSA) is 87.3 Å². The number of nitrogens with one attached hydrogen (secondary N) is 3. The highest BCUT2D eigenvalue weighted by Crippen LogP contribution is 2.19. The largest absolute Gasteiger partial charge is 0.354 e. The van der Waals surface area contributed by atoms with Crippen LogP contribution >= 0.6 is 11.6 Å². The van der Waals surface area contributed by atoms with Crippen LogP contribution in [0.1, 0.15) is 38.8 Å². The second kappa shape index (κ2) is 9.93. The Kier molecular flexibility index (Phi) is 8.26. The Balaban J connectivity index is 2.51. The van der Waals surface area contributed by atoms with E-state index in [1.54, 1.807) is 38.1 Å². The summed E-state index contributed by atoms with van der Waals surface area (Å²) in [6.07, 6.45) is 0.110. The molecule has 1 aromatic rings. The smallest absolute Gasteiger partial charge is 0.222 e. The summed E-state index contributed by atoms with van der Waals surface area (Å²) in [5, 5.41) is 8.80. The normalized spacial score (nSPS) is 11.7. The lowest BCUT2D eigenvalue weighted by Crippen LogP contribution is -2.38. The van der Waals surface area contributed by atoms with Gasteiger partial charge in [0, 0.05) is 31.0 Å². The van der Waals surface area contributed by atoms with E-state index in [2.05, 4.69) is 16.0 Å². The molecular weight excluding hydrogens is 330 g/mol. The highest BCUT2D eigenvalue weighted by Gasteiger charge is 2.17. The van der Waals surface area contributed by atoms with Crippen molar-refractivity contribution < 1.29 is 14.4 Å². The zero-order chi connectivity index (χ0) is 18.1. The lowest BCUT2D eigenvalue weighted by molar-refractivity contribution is -0.125. The van der Waals surface area contributed by atoms with Crippen molar-refractivity contribution in [3.63, 3.8) is 0 Å². The predicted octanol–water partition coefficient (Wildman–Crippen LogP) is 1.80. The first-order valence-corrected chi connectivity index (χ1v) is 8.24. The molecule has 3 N–H and O–H groups in total. The molecule has 6 nitrogen and oxygen atoms in total. The maximum absolute atomic E-state index is 12.1. The molecule has 1 atom stereocenters.